The third-order valence-corrected chi connectivity index (χ3v) is 3.38. The van der Waals surface area contributed by atoms with Crippen molar-refractivity contribution in [2.45, 2.75) is 0 Å². The number of aromatic nitrogens is 1. The van der Waals surface area contributed by atoms with Crippen molar-refractivity contribution in [1.29, 1.82) is 5.26 Å². The van der Waals surface area contributed by atoms with Gasteiger partial charge >= 0.3 is 0 Å². The summed E-state index contributed by atoms with van der Waals surface area (Å²) in [5, 5.41) is 12.0. The summed E-state index contributed by atoms with van der Waals surface area (Å²) < 4.78 is 0. The molecular formula is C11H8ClN3S. The number of anilines is 2. The molecular weight excluding hydrogens is 242 g/mol. The average Bonchev–Trinajstić information content (AvgIpc) is 2.75. The van der Waals surface area contributed by atoms with Gasteiger partial charge in [0.15, 0.2) is 5.13 Å². The van der Waals surface area contributed by atoms with E-state index in [9.17, 15) is 0 Å². The minimum atomic E-state index is 0.473. The number of nitrogens with zero attached hydrogens (tertiary/aromatic N) is 3. The molecule has 0 fully saturated rings. The van der Waals surface area contributed by atoms with Crippen LogP contribution in [0.1, 0.15) is 5.56 Å². The fraction of sp³-hybridized carbons (Fsp3) is 0.0909. The maximum atomic E-state index is 9.00. The van der Waals surface area contributed by atoms with Crippen molar-refractivity contribution in [2.24, 2.45) is 0 Å². The number of hydrogen-bond acceptors (Lipinski definition) is 4. The molecule has 0 N–H and O–H groups in total. The normalized spacial score (nSPS) is 9.81. The molecule has 0 saturated heterocycles. The zero-order chi connectivity index (χ0) is 11.5. The Morgan fingerprint density at radius 3 is 2.81 bits per heavy atom. The highest BCUT2D eigenvalue weighted by Gasteiger charge is 2.11. The Hall–Kier alpha value is -1.57. The molecule has 1 heterocycles. The first-order valence-electron chi connectivity index (χ1n) is 4.56. The van der Waals surface area contributed by atoms with E-state index in [-0.39, 0.29) is 0 Å². The molecule has 0 spiro atoms. The van der Waals surface area contributed by atoms with Crippen molar-refractivity contribution in [2.75, 3.05) is 11.9 Å². The van der Waals surface area contributed by atoms with Gasteiger partial charge in [-0.3, -0.25) is 0 Å². The predicted molar refractivity (Wildman–Crippen MR) is 66.3 cm³/mol. The molecule has 0 atom stereocenters. The van der Waals surface area contributed by atoms with Gasteiger partial charge in [-0.05, 0) is 12.1 Å². The van der Waals surface area contributed by atoms with E-state index < -0.39 is 0 Å². The van der Waals surface area contributed by atoms with Gasteiger partial charge in [-0.15, -0.1) is 11.3 Å². The van der Waals surface area contributed by atoms with Crippen LogP contribution in [0, 0.1) is 11.3 Å². The van der Waals surface area contributed by atoms with Crippen molar-refractivity contribution in [3.63, 3.8) is 0 Å². The van der Waals surface area contributed by atoms with Crippen molar-refractivity contribution in [3.8, 4) is 6.07 Å². The minimum absolute atomic E-state index is 0.473. The van der Waals surface area contributed by atoms with E-state index in [1.54, 1.807) is 11.4 Å². The van der Waals surface area contributed by atoms with Gasteiger partial charge in [0.05, 0.1) is 11.3 Å². The second-order valence-electron chi connectivity index (χ2n) is 3.14. The summed E-state index contributed by atoms with van der Waals surface area (Å²) in [6.07, 6.45) is 0. The maximum absolute atomic E-state index is 9.00. The van der Waals surface area contributed by atoms with E-state index in [1.807, 2.05) is 30.1 Å². The van der Waals surface area contributed by atoms with Crippen LogP contribution in [0.3, 0.4) is 0 Å². The van der Waals surface area contributed by atoms with Crippen molar-refractivity contribution >= 4 is 33.8 Å². The minimum Gasteiger partial charge on any atom is -0.320 e. The molecule has 80 valence electrons. The van der Waals surface area contributed by atoms with Gasteiger partial charge < -0.3 is 4.90 Å². The summed E-state index contributed by atoms with van der Waals surface area (Å²) in [5.74, 6) is 0. The summed E-state index contributed by atoms with van der Waals surface area (Å²) in [6.45, 7) is 0. The second-order valence-corrected chi connectivity index (χ2v) is 4.36. The predicted octanol–water partition coefficient (Wildman–Crippen LogP) is 3.44. The number of halogens is 1. The molecule has 0 amide bonds. The van der Waals surface area contributed by atoms with Gasteiger partial charge in [0.25, 0.3) is 0 Å². The molecule has 0 saturated carbocycles. The standard InChI is InChI=1S/C11H8ClN3S/c1-15(11-14-10(12)7-16-11)9-5-3-2-4-8(9)6-13/h2-5,7H,1H3. The molecule has 1 aromatic heterocycles. The second kappa shape index (κ2) is 4.52. The molecule has 0 radical (unpaired) electrons. The zero-order valence-corrected chi connectivity index (χ0v) is 10.1. The SMILES string of the molecule is CN(c1nc(Cl)cs1)c1ccccc1C#N. The highest BCUT2D eigenvalue weighted by Crippen LogP contribution is 2.30. The van der Waals surface area contributed by atoms with E-state index in [0.29, 0.717) is 10.7 Å². The highest BCUT2D eigenvalue weighted by atomic mass is 35.5. The Bertz CT molecular complexity index is 544. The molecule has 1 aromatic carbocycles. The number of hydrogen-bond donors (Lipinski definition) is 0. The van der Waals surface area contributed by atoms with Crippen LogP contribution in [0.25, 0.3) is 0 Å². The van der Waals surface area contributed by atoms with E-state index in [0.717, 1.165) is 10.8 Å². The van der Waals surface area contributed by atoms with Crippen LogP contribution >= 0.6 is 22.9 Å². The molecule has 0 unspecified atom stereocenters. The Balaban J connectivity index is 2.41. The van der Waals surface area contributed by atoms with Gasteiger partial charge in [0.1, 0.15) is 11.2 Å². The molecule has 3 nitrogen and oxygen atoms in total. The monoisotopic (exact) mass is 249 g/mol. The van der Waals surface area contributed by atoms with Crippen LogP contribution in [0.5, 0.6) is 0 Å². The topological polar surface area (TPSA) is 39.9 Å². The van der Waals surface area contributed by atoms with Gasteiger partial charge in [-0.1, -0.05) is 23.7 Å². The Labute approximate surface area is 103 Å². The lowest BCUT2D eigenvalue weighted by Gasteiger charge is -2.16. The number of thiazole rings is 1. The number of rotatable bonds is 2. The smallest absolute Gasteiger partial charge is 0.191 e. The molecule has 0 aliphatic rings. The fourth-order valence-corrected chi connectivity index (χ4v) is 2.29. The molecule has 0 bridgehead atoms. The Morgan fingerprint density at radius 1 is 1.44 bits per heavy atom. The number of para-hydroxylation sites is 1. The molecule has 2 aromatic rings. The van der Waals surface area contributed by atoms with Crippen molar-refractivity contribution in [3.05, 3.63) is 40.4 Å². The van der Waals surface area contributed by atoms with Crippen molar-refractivity contribution in [1.82, 2.24) is 4.98 Å². The van der Waals surface area contributed by atoms with Crippen LogP contribution in [-0.2, 0) is 0 Å². The Morgan fingerprint density at radius 2 is 2.19 bits per heavy atom. The molecule has 0 aliphatic carbocycles. The van der Waals surface area contributed by atoms with Crippen molar-refractivity contribution < 1.29 is 0 Å². The van der Waals surface area contributed by atoms with Crippen LogP contribution in [0.2, 0.25) is 5.15 Å². The van der Waals surface area contributed by atoms with Crippen LogP contribution in [0.4, 0.5) is 10.8 Å². The summed E-state index contributed by atoms with van der Waals surface area (Å²) in [5.41, 5.74) is 1.45. The van der Waals surface area contributed by atoms with E-state index in [1.165, 1.54) is 11.3 Å². The lowest BCUT2D eigenvalue weighted by molar-refractivity contribution is 1.16. The molecule has 0 aliphatic heterocycles. The summed E-state index contributed by atoms with van der Waals surface area (Å²) in [4.78, 5) is 6.02. The third kappa shape index (κ3) is 2.01. The van der Waals surface area contributed by atoms with E-state index >= 15 is 0 Å². The molecule has 5 heteroatoms. The fourth-order valence-electron chi connectivity index (χ4n) is 1.36. The summed E-state index contributed by atoms with van der Waals surface area (Å²) in [6, 6.07) is 9.55. The first-order valence-corrected chi connectivity index (χ1v) is 5.82. The largest absolute Gasteiger partial charge is 0.320 e. The van der Waals surface area contributed by atoms with E-state index in [4.69, 9.17) is 16.9 Å². The highest BCUT2D eigenvalue weighted by molar-refractivity contribution is 7.14. The van der Waals surface area contributed by atoms with Gasteiger partial charge in [0.2, 0.25) is 0 Å². The number of benzene rings is 1. The third-order valence-electron chi connectivity index (χ3n) is 2.14. The van der Waals surface area contributed by atoms with Crippen LogP contribution < -0.4 is 4.90 Å². The molecule has 2 rings (SSSR count). The first kappa shape index (κ1) is 10.9. The van der Waals surface area contributed by atoms with Gasteiger partial charge in [-0.25, -0.2) is 4.98 Å². The average molecular weight is 250 g/mol. The molecule has 16 heavy (non-hydrogen) atoms. The summed E-state index contributed by atoms with van der Waals surface area (Å²) in [7, 11) is 1.87. The van der Waals surface area contributed by atoms with Gasteiger partial charge in [-0.2, -0.15) is 5.26 Å². The van der Waals surface area contributed by atoms with E-state index in [2.05, 4.69) is 11.1 Å². The lowest BCUT2D eigenvalue weighted by Crippen LogP contribution is -2.10. The zero-order valence-electron chi connectivity index (χ0n) is 8.51. The summed E-state index contributed by atoms with van der Waals surface area (Å²) >= 11 is 7.22. The number of nitriles is 1. The Kier molecular flexibility index (Phi) is 3.09. The first-order chi connectivity index (χ1) is 7.72. The van der Waals surface area contributed by atoms with Crippen LogP contribution in [0.15, 0.2) is 29.6 Å². The maximum Gasteiger partial charge on any atom is 0.191 e. The lowest BCUT2D eigenvalue weighted by atomic mass is 10.2. The van der Waals surface area contributed by atoms with Gasteiger partial charge in [0, 0.05) is 12.4 Å². The van der Waals surface area contributed by atoms with Crippen LogP contribution in [-0.4, -0.2) is 12.0 Å². The quantitative estimate of drug-likeness (QED) is 0.819.